The van der Waals surface area contributed by atoms with Crippen molar-refractivity contribution in [3.05, 3.63) is 22.2 Å². The smallest absolute Gasteiger partial charge is 0.353 e. The molecule has 25 heavy (non-hydrogen) atoms. The van der Waals surface area contributed by atoms with Crippen LogP contribution in [0.1, 0.15) is 19.8 Å². The zero-order valence-corrected chi connectivity index (χ0v) is 15.2. The maximum atomic E-state index is 12.2. The number of nitrogens with one attached hydrogen (secondary N) is 1. The van der Waals surface area contributed by atoms with Crippen LogP contribution in [0, 0.1) is 5.92 Å². The van der Waals surface area contributed by atoms with Gasteiger partial charge in [0, 0.05) is 24.4 Å². The molecule has 0 aliphatic carbocycles. The number of hydrogen-bond acceptors (Lipinski definition) is 7. The van der Waals surface area contributed by atoms with Crippen molar-refractivity contribution in [2.75, 3.05) is 12.9 Å². The zero-order valence-electron chi connectivity index (χ0n) is 13.6. The number of aliphatic carboxylic acids is 1. The van der Waals surface area contributed by atoms with Crippen molar-refractivity contribution in [1.82, 2.24) is 10.2 Å². The van der Waals surface area contributed by atoms with E-state index in [2.05, 4.69) is 9.50 Å². The van der Waals surface area contributed by atoms with E-state index in [1.54, 1.807) is 0 Å². The second-order valence-corrected chi connectivity index (χ2v) is 8.24. The average Bonchev–Trinajstić information content (AvgIpc) is 2.82. The molecule has 2 heterocycles. The maximum Gasteiger partial charge on any atom is 0.353 e. The van der Waals surface area contributed by atoms with Crippen LogP contribution < -0.4 is 5.32 Å². The molecule has 0 unspecified atom stereocenters. The first-order chi connectivity index (χ1) is 11.6. The van der Waals surface area contributed by atoms with E-state index in [9.17, 15) is 27.9 Å². The lowest BCUT2D eigenvalue weighted by molar-refractivity contribution is -0.155. The number of carbonyl (C=O) groups excluding carboxylic acids is 2. The minimum Gasteiger partial charge on any atom is -0.477 e. The van der Waals surface area contributed by atoms with Gasteiger partial charge in [-0.3, -0.25) is 13.8 Å². The number of β-lactam (4-membered cyclic amide) rings is 1. The van der Waals surface area contributed by atoms with Crippen molar-refractivity contribution in [2.24, 2.45) is 5.92 Å². The van der Waals surface area contributed by atoms with Gasteiger partial charge in [-0.25, -0.2) is 4.79 Å². The second kappa shape index (κ2) is 7.58. The molecule has 2 rings (SSSR count). The van der Waals surface area contributed by atoms with E-state index in [1.165, 1.54) is 23.4 Å². The molecule has 0 aromatic heterocycles. The van der Waals surface area contributed by atoms with E-state index in [1.807, 2.05) is 0 Å². The van der Waals surface area contributed by atoms with Gasteiger partial charge in [-0.05, 0) is 11.8 Å². The van der Waals surface area contributed by atoms with Gasteiger partial charge in [0.25, 0.3) is 10.1 Å². The lowest BCUT2D eigenvalue weighted by Gasteiger charge is -2.43. The summed E-state index contributed by atoms with van der Waals surface area (Å²) in [7, 11) is -3.58. The number of rotatable bonds is 8. The van der Waals surface area contributed by atoms with Gasteiger partial charge in [0.1, 0.15) is 5.70 Å². The normalized spacial score (nSPS) is 23.0. The minimum absolute atomic E-state index is 0.0623. The monoisotopic (exact) mass is 390 g/mol. The summed E-state index contributed by atoms with van der Waals surface area (Å²) in [6.07, 6.45) is 2.90. The molecule has 1 saturated heterocycles. The van der Waals surface area contributed by atoms with Crippen molar-refractivity contribution in [2.45, 2.75) is 25.8 Å². The Labute approximate surface area is 149 Å². The highest BCUT2D eigenvalue weighted by atomic mass is 32.2. The lowest BCUT2D eigenvalue weighted by Crippen LogP contribution is -2.58. The molecular formula is C14H18N2O7S2. The van der Waals surface area contributed by atoms with Gasteiger partial charge in [0.2, 0.25) is 11.8 Å². The van der Waals surface area contributed by atoms with Crippen LogP contribution in [0.25, 0.3) is 0 Å². The molecule has 0 spiro atoms. The number of fused-ring (bicyclic) bond motifs is 1. The quantitative estimate of drug-likeness (QED) is 0.445. The highest BCUT2D eigenvalue weighted by molar-refractivity contribution is 8.05. The van der Waals surface area contributed by atoms with E-state index in [4.69, 9.17) is 0 Å². The third-order valence-corrected chi connectivity index (χ3v) is 5.26. The fourth-order valence-electron chi connectivity index (χ4n) is 2.77. The van der Waals surface area contributed by atoms with Crippen LogP contribution in [-0.2, 0) is 28.7 Å². The summed E-state index contributed by atoms with van der Waals surface area (Å²) in [6, 6.07) is -0.307. The molecule has 0 bridgehead atoms. The van der Waals surface area contributed by atoms with Crippen molar-refractivity contribution in [3.63, 3.8) is 0 Å². The number of hydrogen-bond donors (Lipinski definition) is 2. The first-order valence-electron chi connectivity index (χ1n) is 7.34. The summed E-state index contributed by atoms with van der Waals surface area (Å²) in [5, 5.41) is 13.4. The van der Waals surface area contributed by atoms with E-state index >= 15 is 0 Å². The van der Waals surface area contributed by atoms with Gasteiger partial charge in [0.05, 0.1) is 24.8 Å². The van der Waals surface area contributed by atoms with Crippen LogP contribution >= 0.6 is 11.8 Å². The molecule has 0 aromatic rings. The summed E-state index contributed by atoms with van der Waals surface area (Å²) in [5.41, 5.74) is -0.0623. The van der Waals surface area contributed by atoms with Crippen molar-refractivity contribution < 1.29 is 32.1 Å². The SMILES string of the molecule is CC(=O)N/C=C/SC1=C(C(=O)O)N2C(=O)[C@@H](CCOS(C)(=O)=O)[C@H]2C1. The van der Waals surface area contributed by atoms with Crippen molar-refractivity contribution in [3.8, 4) is 0 Å². The molecule has 2 aliphatic heterocycles. The Bertz CT molecular complexity index is 757. The van der Waals surface area contributed by atoms with E-state index < -0.39 is 22.0 Å². The van der Waals surface area contributed by atoms with Crippen LogP contribution in [0.2, 0.25) is 0 Å². The number of nitrogens with zero attached hydrogens (tertiary/aromatic N) is 1. The van der Waals surface area contributed by atoms with Crippen molar-refractivity contribution in [1.29, 1.82) is 0 Å². The Kier molecular flexibility index (Phi) is 5.91. The van der Waals surface area contributed by atoms with Gasteiger partial charge >= 0.3 is 5.97 Å². The molecule has 0 radical (unpaired) electrons. The van der Waals surface area contributed by atoms with Crippen LogP contribution in [0.5, 0.6) is 0 Å². The first kappa shape index (κ1) is 19.5. The highest BCUT2D eigenvalue weighted by Gasteiger charge is 2.54. The Balaban J connectivity index is 2.02. The number of thioether (sulfide) groups is 1. The van der Waals surface area contributed by atoms with Crippen LogP contribution in [0.15, 0.2) is 22.2 Å². The summed E-state index contributed by atoms with van der Waals surface area (Å²) >= 11 is 1.12. The largest absolute Gasteiger partial charge is 0.477 e. The molecular weight excluding hydrogens is 372 g/mol. The first-order valence-corrected chi connectivity index (χ1v) is 10.0. The summed E-state index contributed by atoms with van der Waals surface area (Å²) < 4.78 is 26.6. The van der Waals surface area contributed by atoms with E-state index in [0.29, 0.717) is 11.3 Å². The van der Waals surface area contributed by atoms with E-state index in [-0.39, 0.29) is 36.6 Å². The number of carbonyl (C=O) groups is 3. The Morgan fingerprint density at radius 3 is 2.72 bits per heavy atom. The molecule has 1 fully saturated rings. The zero-order chi connectivity index (χ0) is 18.8. The fourth-order valence-corrected chi connectivity index (χ4v) is 4.03. The molecule has 138 valence electrons. The molecule has 2 N–H and O–H groups in total. The topological polar surface area (TPSA) is 130 Å². The van der Waals surface area contributed by atoms with E-state index in [0.717, 1.165) is 18.0 Å². The second-order valence-electron chi connectivity index (χ2n) is 5.60. The highest BCUT2D eigenvalue weighted by Crippen LogP contribution is 2.47. The molecule has 9 nitrogen and oxygen atoms in total. The van der Waals surface area contributed by atoms with Crippen molar-refractivity contribution >= 4 is 39.7 Å². The number of amides is 2. The van der Waals surface area contributed by atoms with Crippen LogP contribution in [0.4, 0.5) is 0 Å². The summed E-state index contributed by atoms with van der Waals surface area (Å²) in [6.45, 7) is 1.23. The predicted molar refractivity (Wildman–Crippen MR) is 89.4 cm³/mol. The summed E-state index contributed by atoms with van der Waals surface area (Å²) in [5.74, 6) is -2.26. The molecule has 0 saturated carbocycles. The molecule has 0 aromatic carbocycles. The van der Waals surface area contributed by atoms with Crippen LogP contribution in [0.3, 0.4) is 0 Å². The third kappa shape index (κ3) is 4.61. The molecule has 2 amide bonds. The molecule has 11 heteroatoms. The van der Waals surface area contributed by atoms with Gasteiger partial charge < -0.3 is 15.3 Å². The maximum absolute atomic E-state index is 12.2. The third-order valence-electron chi connectivity index (χ3n) is 3.74. The molecule has 2 atom stereocenters. The standard InChI is InChI=1S/C14H18N2O7S2/c1-8(17)15-4-6-24-11-7-10-9(3-5-23-25(2,21)22)13(18)16(10)12(11)14(19)20/h4,6,9-10H,3,5,7H2,1-2H3,(H,15,17)(H,19,20)/b6-4+/t9-,10+/m0/s1. The van der Waals surface area contributed by atoms with Gasteiger partial charge in [-0.1, -0.05) is 11.8 Å². The lowest BCUT2D eigenvalue weighted by atomic mass is 9.85. The molecule has 2 aliphatic rings. The van der Waals surface area contributed by atoms with Gasteiger partial charge in [-0.2, -0.15) is 8.42 Å². The minimum atomic E-state index is -3.58. The van der Waals surface area contributed by atoms with Crippen LogP contribution in [-0.4, -0.2) is 55.1 Å². The number of carboxylic acids is 1. The average molecular weight is 390 g/mol. The summed E-state index contributed by atoms with van der Waals surface area (Å²) in [4.78, 5) is 36.2. The van der Waals surface area contributed by atoms with Gasteiger partial charge in [0.15, 0.2) is 0 Å². The Morgan fingerprint density at radius 2 is 2.16 bits per heavy atom. The van der Waals surface area contributed by atoms with Gasteiger partial charge in [-0.15, -0.1) is 0 Å². The fraction of sp³-hybridized carbons (Fsp3) is 0.500. The Morgan fingerprint density at radius 1 is 1.48 bits per heavy atom. The Hall–Kier alpha value is -1.85. The predicted octanol–water partition coefficient (Wildman–Crippen LogP) is 0.220. The number of carboxylic acid groups (broad SMARTS) is 1.